The zero-order valence-electron chi connectivity index (χ0n) is 7.83. The van der Waals surface area contributed by atoms with Crippen LogP contribution in [0.1, 0.15) is 0 Å². The number of fused-ring (bicyclic) bond motifs is 3. The molecule has 0 radical (unpaired) electrons. The lowest BCUT2D eigenvalue weighted by atomic mass is 10.1. The molecule has 3 rings (SSSR count). The van der Waals surface area contributed by atoms with Crippen molar-refractivity contribution in [3.8, 4) is 0 Å². The first-order chi connectivity index (χ1) is 7.25. The van der Waals surface area contributed by atoms with E-state index in [-0.39, 0.29) is 0 Å². The number of rotatable bonds is 0. The fourth-order valence-electron chi connectivity index (χ4n) is 1.81. The van der Waals surface area contributed by atoms with Crippen LogP contribution >= 0.6 is 22.6 Å². The Morgan fingerprint density at radius 2 is 1.87 bits per heavy atom. The Morgan fingerprint density at radius 3 is 2.73 bits per heavy atom. The van der Waals surface area contributed by atoms with E-state index in [0.717, 1.165) is 31.2 Å². The number of hydrogen-bond acceptors (Lipinski definition) is 2. The quantitative estimate of drug-likeness (QED) is 0.507. The second-order valence-corrected chi connectivity index (χ2v) is 4.64. The summed E-state index contributed by atoms with van der Waals surface area (Å²) < 4.78 is 6.83. The molecular formula is C12H8INO. The highest BCUT2D eigenvalue weighted by atomic mass is 127. The van der Waals surface area contributed by atoms with Gasteiger partial charge in [-0.15, -0.1) is 0 Å². The van der Waals surface area contributed by atoms with Gasteiger partial charge >= 0.3 is 0 Å². The van der Waals surface area contributed by atoms with Gasteiger partial charge in [-0.3, -0.25) is 0 Å². The Bertz CT molecular complexity index is 657. The van der Waals surface area contributed by atoms with Crippen LogP contribution in [0.4, 0.5) is 5.69 Å². The van der Waals surface area contributed by atoms with E-state index < -0.39 is 0 Å². The van der Waals surface area contributed by atoms with Crippen LogP contribution in [-0.4, -0.2) is 0 Å². The molecule has 2 nitrogen and oxygen atoms in total. The van der Waals surface area contributed by atoms with Gasteiger partial charge in [0.25, 0.3) is 0 Å². The molecule has 3 aromatic rings. The maximum absolute atomic E-state index is 5.83. The van der Waals surface area contributed by atoms with Crippen molar-refractivity contribution in [2.45, 2.75) is 0 Å². The minimum atomic E-state index is 0.776. The monoisotopic (exact) mass is 309 g/mol. The second kappa shape index (κ2) is 3.13. The van der Waals surface area contributed by atoms with E-state index >= 15 is 0 Å². The van der Waals surface area contributed by atoms with Crippen LogP contribution in [0.3, 0.4) is 0 Å². The summed E-state index contributed by atoms with van der Waals surface area (Å²) in [4.78, 5) is 0. The van der Waals surface area contributed by atoms with Crippen molar-refractivity contribution in [2.75, 3.05) is 5.73 Å². The van der Waals surface area contributed by atoms with Crippen molar-refractivity contribution in [2.24, 2.45) is 0 Å². The predicted octanol–water partition coefficient (Wildman–Crippen LogP) is 3.77. The van der Waals surface area contributed by atoms with Gasteiger partial charge in [0.1, 0.15) is 11.2 Å². The molecule has 0 spiro atoms. The van der Waals surface area contributed by atoms with Crippen LogP contribution in [0.15, 0.2) is 40.8 Å². The molecule has 0 saturated carbocycles. The molecule has 3 heteroatoms. The summed E-state index contributed by atoms with van der Waals surface area (Å²) in [6.45, 7) is 0. The number of halogens is 1. The Kier molecular flexibility index (Phi) is 1.88. The predicted molar refractivity (Wildman–Crippen MR) is 70.8 cm³/mol. The van der Waals surface area contributed by atoms with Gasteiger partial charge in [0.05, 0.1) is 3.57 Å². The second-order valence-electron chi connectivity index (χ2n) is 3.48. The highest BCUT2D eigenvalue weighted by Gasteiger charge is 2.09. The number of hydrogen-bond donors (Lipinski definition) is 1. The molecule has 0 fully saturated rings. The van der Waals surface area contributed by atoms with Crippen molar-refractivity contribution in [3.63, 3.8) is 0 Å². The van der Waals surface area contributed by atoms with E-state index in [9.17, 15) is 0 Å². The Balaban J connectivity index is 2.61. The zero-order valence-corrected chi connectivity index (χ0v) is 9.99. The van der Waals surface area contributed by atoms with Crippen LogP contribution in [0, 0.1) is 3.57 Å². The molecule has 1 heterocycles. The Hall–Kier alpha value is -1.23. The lowest BCUT2D eigenvalue weighted by Crippen LogP contribution is -1.84. The average Bonchev–Trinajstić information content (AvgIpc) is 2.57. The first-order valence-corrected chi connectivity index (χ1v) is 5.70. The molecule has 15 heavy (non-hydrogen) atoms. The molecule has 74 valence electrons. The summed E-state index contributed by atoms with van der Waals surface area (Å²) in [5.41, 5.74) is 8.44. The molecule has 0 saturated heterocycles. The van der Waals surface area contributed by atoms with Crippen LogP contribution in [0.25, 0.3) is 21.9 Å². The third kappa shape index (κ3) is 1.30. The van der Waals surface area contributed by atoms with Crippen molar-refractivity contribution in [1.82, 2.24) is 0 Å². The van der Waals surface area contributed by atoms with Crippen LogP contribution in [-0.2, 0) is 0 Å². The van der Waals surface area contributed by atoms with Crippen molar-refractivity contribution >= 4 is 50.2 Å². The Morgan fingerprint density at radius 1 is 1.07 bits per heavy atom. The van der Waals surface area contributed by atoms with E-state index in [1.54, 1.807) is 0 Å². The minimum Gasteiger partial charge on any atom is -0.455 e. The molecule has 0 aliphatic carbocycles. The SMILES string of the molecule is Nc1cc(I)c2oc3ccccc3c2c1. The van der Waals surface area contributed by atoms with Crippen LogP contribution < -0.4 is 5.73 Å². The van der Waals surface area contributed by atoms with Gasteiger partial charge < -0.3 is 10.2 Å². The highest BCUT2D eigenvalue weighted by molar-refractivity contribution is 14.1. The third-order valence-electron chi connectivity index (χ3n) is 2.46. The van der Waals surface area contributed by atoms with Gasteiger partial charge in [0.2, 0.25) is 0 Å². The van der Waals surface area contributed by atoms with Gasteiger partial charge in [0, 0.05) is 16.5 Å². The van der Waals surface area contributed by atoms with E-state index in [1.807, 2.05) is 30.3 Å². The van der Waals surface area contributed by atoms with Gasteiger partial charge in [-0.25, -0.2) is 0 Å². The maximum atomic E-state index is 5.83. The smallest absolute Gasteiger partial charge is 0.148 e. The van der Waals surface area contributed by atoms with E-state index in [4.69, 9.17) is 10.2 Å². The van der Waals surface area contributed by atoms with Gasteiger partial charge in [-0.2, -0.15) is 0 Å². The standard InChI is InChI=1S/C12H8INO/c13-10-6-7(14)5-9-8-3-1-2-4-11(8)15-12(9)10/h1-6H,14H2. The van der Waals surface area contributed by atoms with Crippen molar-refractivity contribution in [3.05, 3.63) is 40.0 Å². The lowest BCUT2D eigenvalue weighted by Gasteiger charge is -1.95. The van der Waals surface area contributed by atoms with E-state index in [1.165, 1.54) is 0 Å². The number of anilines is 1. The molecule has 2 aromatic carbocycles. The molecule has 2 N–H and O–H groups in total. The Labute approximate surface area is 100 Å². The minimum absolute atomic E-state index is 0.776. The molecule has 0 unspecified atom stereocenters. The van der Waals surface area contributed by atoms with E-state index in [0.29, 0.717) is 0 Å². The van der Waals surface area contributed by atoms with Crippen LogP contribution in [0.2, 0.25) is 0 Å². The molecule has 1 aromatic heterocycles. The number of furan rings is 1. The van der Waals surface area contributed by atoms with Crippen molar-refractivity contribution in [1.29, 1.82) is 0 Å². The average molecular weight is 309 g/mol. The highest BCUT2D eigenvalue weighted by Crippen LogP contribution is 2.33. The summed E-state index contributed by atoms with van der Waals surface area (Å²) in [5, 5.41) is 2.22. The first kappa shape index (κ1) is 9.03. The topological polar surface area (TPSA) is 39.2 Å². The largest absolute Gasteiger partial charge is 0.455 e. The fraction of sp³-hybridized carbons (Fsp3) is 0. The van der Waals surface area contributed by atoms with Gasteiger partial charge in [-0.05, 0) is 40.8 Å². The maximum Gasteiger partial charge on any atom is 0.148 e. The van der Waals surface area contributed by atoms with Gasteiger partial charge in [0.15, 0.2) is 0 Å². The number of para-hydroxylation sites is 1. The molecule has 0 aliphatic rings. The van der Waals surface area contributed by atoms with Crippen molar-refractivity contribution < 1.29 is 4.42 Å². The lowest BCUT2D eigenvalue weighted by molar-refractivity contribution is 0.666. The molecule has 0 amide bonds. The van der Waals surface area contributed by atoms with E-state index in [2.05, 4.69) is 28.7 Å². The summed E-state index contributed by atoms with van der Waals surface area (Å²) in [6, 6.07) is 11.9. The number of benzene rings is 2. The number of nitrogens with two attached hydrogens (primary N) is 1. The summed E-state index contributed by atoms with van der Waals surface area (Å²) in [6.07, 6.45) is 0. The van der Waals surface area contributed by atoms with Crippen LogP contribution in [0.5, 0.6) is 0 Å². The first-order valence-electron chi connectivity index (χ1n) is 4.62. The normalized spacial score (nSPS) is 11.3. The third-order valence-corrected chi connectivity index (χ3v) is 3.26. The summed E-state index contributed by atoms with van der Waals surface area (Å²) in [7, 11) is 0. The van der Waals surface area contributed by atoms with Gasteiger partial charge in [-0.1, -0.05) is 18.2 Å². The zero-order chi connectivity index (χ0) is 10.4. The molecule has 0 bridgehead atoms. The molecule has 0 aliphatic heterocycles. The number of nitrogen functional groups attached to an aromatic ring is 1. The molecule has 0 atom stereocenters. The summed E-state index contributed by atoms with van der Waals surface area (Å²) in [5.74, 6) is 0. The molecular weight excluding hydrogens is 301 g/mol. The fourth-order valence-corrected chi connectivity index (χ4v) is 2.57. The summed E-state index contributed by atoms with van der Waals surface area (Å²) >= 11 is 2.24.